The Kier molecular flexibility index (Phi) is 5.59. The van der Waals surface area contributed by atoms with Crippen LogP contribution in [0.2, 0.25) is 0 Å². The second-order valence-corrected chi connectivity index (χ2v) is 14.4. The third kappa shape index (κ3) is 3.87. The lowest BCUT2D eigenvalue weighted by molar-refractivity contribution is 1.65. The molecule has 2 aliphatic carbocycles. The Morgan fingerprint density at radius 3 is 1.04 bits per heavy atom. The zero-order valence-corrected chi connectivity index (χ0v) is 28.3. The van der Waals surface area contributed by atoms with Crippen LogP contribution >= 0.6 is 0 Å². The van der Waals surface area contributed by atoms with E-state index in [1.807, 2.05) is 0 Å². The van der Waals surface area contributed by atoms with Crippen LogP contribution in [0.25, 0.3) is 121 Å². The van der Waals surface area contributed by atoms with Crippen LogP contribution in [0.1, 0.15) is 0 Å². The van der Waals surface area contributed by atoms with Crippen molar-refractivity contribution in [2.45, 2.75) is 0 Å². The molecule has 0 amide bonds. The molecule has 0 saturated carbocycles. The minimum Gasteiger partial charge on any atom is -0.0616 e. The molecule has 0 fully saturated rings. The summed E-state index contributed by atoms with van der Waals surface area (Å²) < 4.78 is 0. The summed E-state index contributed by atoms with van der Waals surface area (Å²) in [7, 11) is 0. The van der Waals surface area contributed by atoms with Gasteiger partial charge in [-0.25, -0.2) is 0 Å². The fourth-order valence-corrected chi connectivity index (χ4v) is 9.31. The van der Waals surface area contributed by atoms with E-state index >= 15 is 0 Å². The van der Waals surface area contributed by atoms with Crippen molar-refractivity contribution in [1.29, 1.82) is 0 Å². The summed E-state index contributed by atoms with van der Waals surface area (Å²) in [5, 5.41) is 10.4. The van der Waals surface area contributed by atoms with Gasteiger partial charge in [0.1, 0.15) is 0 Å². The molecular formula is C52H30. The minimum atomic E-state index is 1.23. The van der Waals surface area contributed by atoms with Crippen LogP contribution in [-0.4, -0.2) is 0 Å². The average Bonchev–Trinajstić information content (AvgIpc) is 3.72. The molecule has 0 nitrogen and oxygen atoms in total. The molecule has 0 spiro atoms. The predicted octanol–water partition coefficient (Wildman–Crippen LogP) is 14.6. The maximum Gasteiger partial charge on any atom is -0.00201 e. The van der Waals surface area contributed by atoms with Crippen LogP contribution in [0, 0.1) is 0 Å². The van der Waals surface area contributed by atoms with E-state index in [1.54, 1.807) is 0 Å². The third-order valence-corrected chi connectivity index (χ3v) is 11.7. The van der Waals surface area contributed by atoms with Gasteiger partial charge in [-0.15, -0.1) is 0 Å². The van der Waals surface area contributed by atoms with Crippen molar-refractivity contribution in [2.24, 2.45) is 0 Å². The zero-order valence-electron chi connectivity index (χ0n) is 28.3. The number of benzene rings is 10. The molecule has 2 aliphatic rings. The topological polar surface area (TPSA) is 0 Å². The Labute approximate surface area is 301 Å². The highest BCUT2D eigenvalue weighted by molar-refractivity contribution is 6.20. The first kappa shape index (κ1) is 28.0. The van der Waals surface area contributed by atoms with Crippen molar-refractivity contribution in [3.05, 3.63) is 182 Å². The molecule has 0 N–H and O–H groups in total. The van der Waals surface area contributed by atoms with Gasteiger partial charge in [0.25, 0.3) is 0 Å². The van der Waals surface area contributed by atoms with Gasteiger partial charge in [0, 0.05) is 0 Å². The smallest absolute Gasteiger partial charge is 0.00201 e. The first-order valence-electron chi connectivity index (χ1n) is 18.2. The third-order valence-electron chi connectivity index (χ3n) is 11.7. The number of hydrogen-bond acceptors (Lipinski definition) is 0. The van der Waals surface area contributed by atoms with Crippen molar-refractivity contribution in [3.8, 4) is 77.9 Å². The highest BCUT2D eigenvalue weighted by Gasteiger charge is 2.23. The van der Waals surface area contributed by atoms with Gasteiger partial charge in [-0.3, -0.25) is 0 Å². The fourth-order valence-electron chi connectivity index (χ4n) is 9.31. The molecule has 238 valence electrons. The van der Waals surface area contributed by atoms with E-state index in [9.17, 15) is 0 Å². The molecule has 0 aromatic heterocycles. The summed E-state index contributed by atoms with van der Waals surface area (Å²) in [6, 6.07) is 68.0. The van der Waals surface area contributed by atoms with Gasteiger partial charge in [0.15, 0.2) is 0 Å². The second-order valence-electron chi connectivity index (χ2n) is 14.4. The molecular weight excluding hydrogens is 625 g/mol. The van der Waals surface area contributed by atoms with Gasteiger partial charge in [-0.2, -0.15) is 0 Å². The highest BCUT2D eigenvalue weighted by atomic mass is 14.3. The van der Waals surface area contributed by atoms with Crippen LogP contribution in [-0.2, 0) is 0 Å². The standard InChI is InChI=1S/C52H30/c1-3-9-43-41(7-1)47-13-5-11-45-39(23-25-49(43)51(45)47)36-22-20-33-27-32(18-19-34(33)28-36)35-17-15-31-16-21-37(30-38(31)29-35)40-24-26-50-44-10-4-2-8-42(44)48-14-6-12-46(40)52(48)50/h1-30H. The highest BCUT2D eigenvalue weighted by Crippen LogP contribution is 2.51. The maximum absolute atomic E-state index is 2.37. The SMILES string of the molecule is c1ccc2c(c1)-c1cccc3c(-c4ccc5cc(-c6ccc7ccc(-c8ccc9c%10c(cccc8%10)-c8ccccc8-9)cc7c6)ccc5c4)ccc-2c13. The lowest BCUT2D eigenvalue weighted by Gasteiger charge is -2.12. The van der Waals surface area contributed by atoms with E-state index in [0.29, 0.717) is 0 Å². The first-order chi connectivity index (χ1) is 25.8. The molecule has 52 heavy (non-hydrogen) atoms. The Bertz CT molecular complexity index is 3120. The Balaban J connectivity index is 0.919. The van der Waals surface area contributed by atoms with Crippen molar-refractivity contribution < 1.29 is 0 Å². The Hall–Kier alpha value is -6.76. The Morgan fingerprint density at radius 1 is 0.192 bits per heavy atom. The number of fused-ring (bicyclic) bond motifs is 8. The summed E-state index contributed by atoms with van der Waals surface area (Å²) in [5.41, 5.74) is 18.3. The Morgan fingerprint density at radius 2 is 0.538 bits per heavy atom. The van der Waals surface area contributed by atoms with Gasteiger partial charge in [0.05, 0.1) is 0 Å². The molecule has 0 atom stereocenters. The van der Waals surface area contributed by atoms with Crippen molar-refractivity contribution >= 4 is 43.1 Å². The van der Waals surface area contributed by atoms with Gasteiger partial charge >= 0.3 is 0 Å². The van der Waals surface area contributed by atoms with Crippen LogP contribution < -0.4 is 0 Å². The molecule has 10 aromatic carbocycles. The second kappa shape index (κ2) is 10.4. The van der Waals surface area contributed by atoms with Crippen LogP contribution in [0.15, 0.2) is 182 Å². The van der Waals surface area contributed by atoms with E-state index in [-0.39, 0.29) is 0 Å². The van der Waals surface area contributed by atoms with Crippen LogP contribution in [0.4, 0.5) is 0 Å². The molecule has 0 radical (unpaired) electrons. The predicted molar refractivity (Wildman–Crippen MR) is 222 cm³/mol. The summed E-state index contributed by atoms with van der Waals surface area (Å²) in [5.74, 6) is 0. The molecule has 0 heteroatoms. The zero-order chi connectivity index (χ0) is 33.9. The minimum absolute atomic E-state index is 1.23. The monoisotopic (exact) mass is 654 g/mol. The quantitative estimate of drug-likeness (QED) is 0.178. The summed E-state index contributed by atoms with van der Waals surface area (Å²) in [4.78, 5) is 0. The first-order valence-corrected chi connectivity index (χ1v) is 18.2. The van der Waals surface area contributed by atoms with E-state index in [1.165, 1.54) is 121 Å². The molecule has 12 rings (SSSR count). The van der Waals surface area contributed by atoms with Gasteiger partial charge < -0.3 is 0 Å². The van der Waals surface area contributed by atoms with Crippen molar-refractivity contribution in [1.82, 2.24) is 0 Å². The summed E-state index contributed by atoms with van der Waals surface area (Å²) in [6.07, 6.45) is 0. The normalized spacial score (nSPS) is 12.2. The lowest BCUT2D eigenvalue weighted by Crippen LogP contribution is -1.86. The van der Waals surface area contributed by atoms with Crippen molar-refractivity contribution in [2.75, 3.05) is 0 Å². The summed E-state index contributed by atoms with van der Waals surface area (Å²) >= 11 is 0. The van der Waals surface area contributed by atoms with E-state index in [0.717, 1.165) is 0 Å². The van der Waals surface area contributed by atoms with E-state index in [4.69, 9.17) is 0 Å². The van der Waals surface area contributed by atoms with Gasteiger partial charge in [-0.05, 0) is 145 Å². The van der Waals surface area contributed by atoms with Crippen LogP contribution in [0.3, 0.4) is 0 Å². The largest absolute Gasteiger partial charge is 0.0616 e. The molecule has 10 aromatic rings. The fraction of sp³-hybridized carbons (Fsp3) is 0. The molecule has 0 aliphatic heterocycles. The molecule has 0 heterocycles. The number of hydrogen-bond donors (Lipinski definition) is 0. The van der Waals surface area contributed by atoms with Crippen molar-refractivity contribution in [3.63, 3.8) is 0 Å². The van der Waals surface area contributed by atoms with E-state index in [2.05, 4.69) is 182 Å². The summed E-state index contributed by atoms with van der Waals surface area (Å²) in [6.45, 7) is 0. The average molecular weight is 655 g/mol. The van der Waals surface area contributed by atoms with Gasteiger partial charge in [0.2, 0.25) is 0 Å². The van der Waals surface area contributed by atoms with Crippen LogP contribution in [0.5, 0.6) is 0 Å². The number of rotatable bonds is 3. The lowest BCUT2D eigenvalue weighted by atomic mass is 9.91. The molecule has 0 unspecified atom stereocenters. The van der Waals surface area contributed by atoms with Gasteiger partial charge in [-0.1, -0.05) is 158 Å². The molecule has 0 saturated heterocycles. The molecule has 0 bridgehead atoms. The maximum atomic E-state index is 2.37. The van der Waals surface area contributed by atoms with E-state index < -0.39 is 0 Å².